The lowest BCUT2D eigenvalue weighted by atomic mass is 10.1. The molecule has 0 heterocycles. The molecule has 1 aromatic carbocycles. The normalized spacial score (nSPS) is 8.43. The van der Waals surface area contributed by atoms with E-state index in [0.29, 0.717) is 0 Å². The molecule has 0 aliphatic rings. The maximum atomic E-state index is 10.2. The van der Waals surface area contributed by atoms with E-state index in [2.05, 4.69) is 0 Å². The number of carboxylic acid groups (broad SMARTS) is 2. The van der Waals surface area contributed by atoms with Crippen molar-refractivity contribution in [2.75, 3.05) is 0 Å². The summed E-state index contributed by atoms with van der Waals surface area (Å²) in [6.07, 6.45) is 0. The first-order chi connectivity index (χ1) is 6.43. The minimum Gasteiger partial charge on any atom is -0.550 e. The zero-order chi connectivity index (χ0) is 11.1. The zero-order valence-corrected chi connectivity index (χ0v) is 7.94. The molecule has 0 aromatic heterocycles. The van der Waals surface area contributed by atoms with E-state index in [0.717, 1.165) is 12.5 Å². The summed E-state index contributed by atoms with van der Waals surface area (Å²) in [5, 5.41) is 19.1. The highest BCUT2D eigenvalue weighted by molar-refractivity contribution is 5.85. The number of carboxylic acids is 2. The Hall–Kier alpha value is -1.84. The maximum Gasteiger partial charge on any atom is 0.0715 e. The number of carbonyl (C=O) groups is 2. The molecule has 0 bridgehead atoms. The standard InChI is InChI=1S/C8H8O2.C2H4O2/c1-6-3-2-4-7(5-6)8(9)10;1-2(3)4/h2-5H,1H3,(H,9,10);1H3,(H,3,4)/p-2. The van der Waals surface area contributed by atoms with Crippen LogP contribution in [-0.4, -0.2) is 11.9 Å². The summed E-state index contributed by atoms with van der Waals surface area (Å²) in [6, 6.07) is 6.63. The molecule has 0 saturated carbocycles. The highest BCUT2D eigenvalue weighted by atomic mass is 16.4. The van der Waals surface area contributed by atoms with Crippen molar-refractivity contribution in [3.05, 3.63) is 35.4 Å². The first-order valence-corrected chi connectivity index (χ1v) is 3.89. The van der Waals surface area contributed by atoms with Gasteiger partial charge in [0.2, 0.25) is 0 Å². The Kier molecular flexibility index (Phi) is 4.99. The van der Waals surface area contributed by atoms with Crippen molar-refractivity contribution in [1.82, 2.24) is 0 Å². The quantitative estimate of drug-likeness (QED) is 0.581. The van der Waals surface area contributed by atoms with Crippen LogP contribution in [-0.2, 0) is 4.79 Å². The third kappa shape index (κ3) is 5.77. The maximum absolute atomic E-state index is 10.2. The molecule has 0 atom stereocenters. The van der Waals surface area contributed by atoms with Gasteiger partial charge in [0.25, 0.3) is 0 Å². The van der Waals surface area contributed by atoms with E-state index in [1.807, 2.05) is 13.0 Å². The van der Waals surface area contributed by atoms with Gasteiger partial charge in [0.05, 0.1) is 5.97 Å². The van der Waals surface area contributed by atoms with Crippen molar-refractivity contribution in [2.45, 2.75) is 13.8 Å². The van der Waals surface area contributed by atoms with Gasteiger partial charge in [-0.1, -0.05) is 29.8 Å². The summed E-state index contributed by atoms with van der Waals surface area (Å²) >= 11 is 0. The van der Waals surface area contributed by atoms with E-state index in [1.165, 1.54) is 6.07 Å². The highest BCUT2D eigenvalue weighted by Crippen LogP contribution is 2.01. The lowest BCUT2D eigenvalue weighted by Crippen LogP contribution is -2.22. The number of aromatic carboxylic acids is 1. The number of benzene rings is 1. The fraction of sp³-hybridized carbons (Fsp3) is 0.200. The van der Waals surface area contributed by atoms with Gasteiger partial charge in [0, 0.05) is 5.97 Å². The fourth-order valence-electron chi connectivity index (χ4n) is 0.772. The molecular weight excluding hydrogens is 184 g/mol. The Morgan fingerprint density at radius 2 is 1.71 bits per heavy atom. The van der Waals surface area contributed by atoms with Crippen LogP contribution in [0.1, 0.15) is 22.8 Å². The van der Waals surface area contributed by atoms with Gasteiger partial charge >= 0.3 is 0 Å². The molecular formula is C10H10O4-2. The molecule has 14 heavy (non-hydrogen) atoms. The highest BCUT2D eigenvalue weighted by Gasteiger charge is 1.90. The van der Waals surface area contributed by atoms with Crippen LogP contribution in [0.3, 0.4) is 0 Å². The van der Waals surface area contributed by atoms with Crippen LogP contribution in [0, 0.1) is 6.92 Å². The van der Waals surface area contributed by atoms with Gasteiger partial charge in [-0.25, -0.2) is 0 Å². The van der Waals surface area contributed by atoms with E-state index in [4.69, 9.17) is 9.90 Å². The topological polar surface area (TPSA) is 80.3 Å². The van der Waals surface area contributed by atoms with Crippen LogP contribution >= 0.6 is 0 Å². The molecule has 0 N–H and O–H groups in total. The van der Waals surface area contributed by atoms with Crippen molar-refractivity contribution >= 4 is 11.9 Å². The van der Waals surface area contributed by atoms with Crippen LogP contribution in [0.4, 0.5) is 0 Å². The minimum atomic E-state index is -1.12. The number of aryl methyl sites for hydroxylation is 1. The Labute approximate surface area is 81.8 Å². The van der Waals surface area contributed by atoms with Crippen molar-refractivity contribution in [2.24, 2.45) is 0 Å². The van der Waals surface area contributed by atoms with Crippen molar-refractivity contribution < 1.29 is 19.8 Å². The Balaban J connectivity index is 0.000000364. The number of carbonyl (C=O) groups excluding carboxylic acids is 2. The second-order valence-corrected chi connectivity index (χ2v) is 2.65. The molecule has 4 nitrogen and oxygen atoms in total. The summed E-state index contributed by atoms with van der Waals surface area (Å²) in [5.74, 6) is -2.20. The minimum absolute atomic E-state index is 0.236. The summed E-state index contributed by atoms with van der Waals surface area (Å²) in [7, 11) is 0. The Bertz CT molecular complexity index is 327. The lowest BCUT2D eigenvalue weighted by Gasteiger charge is -2.01. The van der Waals surface area contributed by atoms with Crippen LogP contribution in [0.25, 0.3) is 0 Å². The molecule has 1 rings (SSSR count). The smallest absolute Gasteiger partial charge is 0.0715 e. The zero-order valence-electron chi connectivity index (χ0n) is 7.94. The Morgan fingerprint density at radius 1 is 1.21 bits per heavy atom. The van der Waals surface area contributed by atoms with E-state index >= 15 is 0 Å². The number of aliphatic carboxylic acids is 1. The molecule has 0 amide bonds. The fourth-order valence-corrected chi connectivity index (χ4v) is 0.772. The molecule has 0 aliphatic heterocycles. The van der Waals surface area contributed by atoms with Crippen LogP contribution in [0.2, 0.25) is 0 Å². The van der Waals surface area contributed by atoms with Crippen LogP contribution in [0.15, 0.2) is 24.3 Å². The Morgan fingerprint density at radius 3 is 2.00 bits per heavy atom. The van der Waals surface area contributed by atoms with Gasteiger partial charge in [-0.05, 0) is 19.4 Å². The third-order valence-electron chi connectivity index (χ3n) is 1.25. The average Bonchev–Trinajstić information content (AvgIpc) is 2.03. The number of hydrogen-bond acceptors (Lipinski definition) is 4. The predicted octanol–water partition coefficient (Wildman–Crippen LogP) is -0.885. The van der Waals surface area contributed by atoms with E-state index < -0.39 is 11.9 Å². The van der Waals surface area contributed by atoms with E-state index in [9.17, 15) is 9.90 Å². The third-order valence-corrected chi connectivity index (χ3v) is 1.25. The molecule has 0 unspecified atom stereocenters. The lowest BCUT2D eigenvalue weighted by molar-refractivity contribution is -0.302. The summed E-state index contributed by atoms with van der Waals surface area (Å²) in [6.45, 7) is 2.81. The largest absolute Gasteiger partial charge is 0.550 e. The number of rotatable bonds is 1. The molecule has 0 radical (unpaired) electrons. The first kappa shape index (κ1) is 12.2. The van der Waals surface area contributed by atoms with Crippen LogP contribution < -0.4 is 10.2 Å². The first-order valence-electron chi connectivity index (χ1n) is 3.89. The van der Waals surface area contributed by atoms with Crippen molar-refractivity contribution in [3.8, 4) is 0 Å². The summed E-state index contributed by atoms with van der Waals surface area (Å²) in [5.41, 5.74) is 1.17. The average molecular weight is 194 g/mol. The summed E-state index contributed by atoms with van der Waals surface area (Å²) < 4.78 is 0. The molecule has 0 fully saturated rings. The molecule has 1 aromatic rings. The van der Waals surface area contributed by atoms with Gasteiger partial charge in [0.1, 0.15) is 0 Å². The second kappa shape index (κ2) is 5.75. The summed E-state index contributed by atoms with van der Waals surface area (Å²) in [4.78, 5) is 19.1. The molecule has 0 saturated heterocycles. The monoisotopic (exact) mass is 194 g/mol. The van der Waals surface area contributed by atoms with Gasteiger partial charge in [-0.15, -0.1) is 0 Å². The molecule has 0 spiro atoms. The van der Waals surface area contributed by atoms with Gasteiger partial charge < -0.3 is 19.8 Å². The second-order valence-electron chi connectivity index (χ2n) is 2.65. The molecule has 4 heteroatoms. The SMILES string of the molecule is CC(=O)[O-].Cc1cccc(C(=O)[O-])c1. The van der Waals surface area contributed by atoms with Crippen molar-refractivity contribution in [1.29, 1.82) is 0 Å². The van der Waals surface area contributed by atoms with Gasteiger partial charge in [-0.2, -0.15) is 0 Å². The van der Waals surface area contributed by atoms with Crippen molar-refractivity contribution in [3.63, 3.8) is 0 Å². The number of hydrogen-bond donors (Lipinski definition) is 0. The predicted molar refractivity (Wildman–Crippen MR) is 46.2 cm³/mol. The molecule has 0 aliphatic carbocycles. The molecule has 76 valence electrons. The van der Waals surface area contributed by atoms with E-state index in [-0.39, 0.29) is 5.56 Å². The van der Waals surface area contributed by atoms with Gasteiger partial charge in [-0.3, -0.25) is 0 Å². The van der Waals surface area contributed by atoms with Gasteiger partial charge in [0.15, 0.2) is 0 Å². The van der Waals surface area contributed by atoms with E-state index in [1.54, 1.807) is 12.1 Å². The van der Waals surface area contributed by atoms with Crippen LogP contribution in [0.5, 0.6) is 0 Å².